The van der Waals surface area contributed by atoms with Crippen LogP contribution in [0.3, 0.4) is 0 Å². The molecule has 1 unspecified atom stereocenters. The molecule has 1 N–H and O–H groups in total. The molecule has 0 saturated carbocycles. The van der Waals surface area contributed by atoms with Crippen LogP contribution in [0, 0.1) is 5.92 Å². The van der Waals surface area contributed by atoms with E-state index in [0.717, 1.165) is 18.9 Å². The second kappa shape index (κ2) is 5.44. The number of piperazine rings is 1. The second-order valence-corrected chi connectivity index (χ2v) is 5.08. The number of nitrogens with zero attached hydrogens (tertiary/aromatic N) is 4. The van der Waals surface area contributed by atoms with Gasteiger partial charge in [0.1, 0.15) is 5.82 Å². The van der Waals surface area contributed by atoms with E-state index in [1.807, 2.05) is 4.90 Å². The van der Waals surface area contributed by atoms with Crippen LogP contribution in [0.1, 0.15) is 6.42 Å². The summed E-state index contributed by atoms with van der Waals surface area (Å²) in [5.41, 5.74) is 0. The molecule has 0 spiro atoms. The number of amides is 2. The van der Waals surface area contributed by atoms with E-state index in [1.54, 1.807) is 18.6 Å². The molecule has 3 rings (SSSR count). The van der Waals surface area contributed by atoms with Crippen molar-refractivity contribution in [3.05, 3.63) is 18.6 Å². The number of carbonyl (C=O) groups excluding carboxylic acids is 2. The molecule has 7 nitrogen and oxygen atoms in total. The van der Waals surface area contributed by atoms with Gasteiger partial charge in [0, 0.05) is 51.5 Å². The quantitative estimate of drug-likeness (QED) is 0.769. The smallest absolute Gasteiger partial charge is 0.228 e. The summed E-state index contributed by atoms with van der Waals surface area (Å²) in [6.07, 6.45) is 5.37. The molecule has 2 saturated heterocycles. The first kappa shape index (κ1) is 12.8. The van der Waals surface area contributed by atoms with Crippen LogP contribution in [0.4, 0.5) is 5.82 Å². The van der Waals surface area contributed by atoms with Gasteiger partial charge in [-0.3, -0.25) is 14.6 Å². The second-order valence-electron chi connectivity index (χ2n) is 5.08. The first-order valence-electron chi connectivity index (χ1n) is 6.80. The van der Waals surface area contributed by atoms with E-state index in [9.17, 15) is 9.59 Å². The lowest BCUT2D eigenvalue weighted by Gasteiger charge is -2.36. The van der Waals surface area contributed by atoms with Gasteiger partial charge in [0.15, 0.2) is 0 Å². The number of carbonyl (C=O) groups is 2. The summed E-state index contributed by atoms with van der Waals surface area (Å²) in [4.78, 5) is 35.7. The van der Waals surface area contributed by atoms with Gasteiger partial charge in [-0.1, -0.05) is 0 Å². The van der Waals surface area contributed by atoms with Gasteiger partial charge < -0.3 is 15.1 Å². The molecule has 1 atom stereocenters. The molecule has 106 valence electrons. The van der Waals surface area contributed by atoms with Crippen LogP contribution < -0.4 is 10.2 Å². The molecule has 2 amide bonds. The minimum Gasteiger partial charge on any atom is -0.355 e. The lowest BCUT2D eigenvalue weighted by atomic mass is 10.1. The number of hydrogen-bond acceptors (Lipinski definition) is 5. The van der Waals surface area contributed by atoms with Crippen molar-refractivity contribution in [1.82, 2.24) is 20.2 Å². The number of hydrogen-bond donors (Lipinski definition) is 1. The van der Waals surface area contributed by atoms with Crippen LogP contribution >= 0.6 is 0 Å². The van der Waals surface area contributed by atoms with Gasteiger partial charge in [-0.05, 0) is 0 Å². The largest absolute Gasteiger partial charge is 0.355 e. The molecule has 1 aromatic heterocycles. The van der Waals surface area contributed by atoms with E-state index in [-0.39, 0.29) is 17.7 Å². The summed E-state index contributed by atoms with van der Waals surface area (Å²) in [7, 11) is 0. The van der Waals surface area contributed by atoms with Crippen LogP contribution in [-0.4, -0.2) is 59.4 Å². The first-order chi connectivity index (χ1) is 9.74. The van der Waals surface area contributed by atoms with Gasteiger partial charge in [0.25, 0.3) is 0 Å². The highest BCUT2D eigenvalue weighted by molar-refractivity contribution is 5.89. The van der Waals surface area contributed by atoms with E-state index in [1.165, 1.54) is 0 Å². The summed E-state index contributed by atoms with van der Waals surface area (Å²) >= 11 is 0. The highest BCUT2D eigenvalue weighted by atomic mass is 16.2. The zero-order valence-corrected chi connectivity index (χ0v) is 11.2. The summed E-state index contributed by atoms with van der Waals surface area (Å²) < 4.78 is 0. The standard InChI is InChI=1S/C13H17N5O2/c19-12-7-10(8-16-12)13(20)18-5-3-17(4-6-18)11-9-14-1-2-15-11/h1-2,9-10H,3-8H2,(H,16,19). The van der Waals surface area contributed by atoms with E-state index < -0.39 is 0 Å². The van der Waals surface area contributed by atoms with Crippen molar-refractivity contribution in [3.63, 3.8) is 0 Å². The summed E-state index contributed by atoms with van der Waals surface area (Å²) in [5.74, 6) is 0.714. The Morgan fingerprint density at radius 1 is 1.25 bits per heavy atom. The Morgan fingerprint density at radius 3 is 2.65 bits per heavy atom. The average molecular weight is 275 g/mol. The molecule has 2 aliphatic heterocycles. The predicted octanol–water partition coefficient (Wildman–Crippen LogP) is -0.739. The number of nitrogens with one attached hydrogen (secondary N) is 1. The molecule has 0 radical (unpaired) electrons. The van der Waals surface area contributed by atoms with Gasteiger partial charge in [0.05, 0.1) is 12.1 Å². The van der Waals surface area contributed by atoms with Crippen molar-refractivity contribution in [2.45, 2.75) is 6.42 Å². The lowest BCUT2D eigenvalue weighted by Crippen LogP contribution is -2.50. The minimum absolute atomic E-state index is 0.0263. The van der Waals surface area contributed by atoms with E-state index in [0.29, 0.717) is 26.1 Å². The molecule has 20 heavy (non-hydrogen) atoms. The Hall–Kier alpha value is -2.18. The number of rotatable bonds is 2. The third-order valence-corrected chi connectivity index (χ3v) is 3.79. The Labute approximate surface area is 117 Å². The van der Waals surface area contributed by atoms with Gasteiger partial charge in [0.2, 0.25) is 11.8 Å². The number of anilines is 1. The molecular formula is C13H17N5O2. The monoisotopic (exact) mass is 275 g/mol. The molecular weight excluding hydrogens is 258 g/mol. The van der Waals surface area contributed by atoms with E-state index >= 15 is 0 Å². The maximum atomic E-state index is 12.3. The highest BCUT2D eigenvalue weighted by Gasteiger charge is 2.32. The van der Waals surface area contributed by atoms with Crippen molar-refractivity contribution >= 4 is 17.6 Å². The molecule has 0 aromatic carbocycles. The van der Waals surface area contributed by atoms with Crippen LogP contribution in [-0.2, 0) is 9.59 Å². The topological polar surface area (TPSA) is 78.4 Å². The van der Waals surface area contributed by atoms with Crippen LogP contribution in [0.25, 0.3) is 0 Å². The Balaban J connectivity index is 1.56. The maximum absolute atomic E-state index is 12.3. The third-order valence-electron chi connectivity index (χ3n) is 3.79. The summed E-state index contributed by atoms with van der Waals surface area (Å²) in [6.45, 7) is 3.30. The highest BCUT2D eigenvalue weighted by Crippen LogP contribution is 2.16. The molecule has 2 aliphatic rings. The zero-order chi connectivity index (χ0) is 13.9. The Bertz CT molecular complexity index is 499. The van der Waals surface area contributed by atoms with E-state index in [2.05, 4.69) is 20.2 Å². The molecule has 0 bridgehead atoms. The van der Waals surface area contributed by atoms with Crippen LogP contribution in [0.15, 0.2) is 18.6 Å². The van der Waals surface area contributed by atoms with Gasteiger partial charge in [-0.15, -0.1) is 0 Å². The van der Waals surface area contributed by atoms with Crippen molar-refractivity contribution in [2.75, 3.05) is 37.6 Å². The fourth-order valence-corrected chi connectivity index (χ4v) is 2.65. The third kappa shape index (κ3) is 2.56. The van der Waals surface area contributed by atoms with E-state index in [4.69, 9.17) is 0 Å². The Morgan fingerprint density at radius 2 is 2.05 bits per heavy atom. The van der Waals surface area contributed by atoms with Gasteiger partial charge in [-0.25, -0.2) is 4.98 Å². The zero-order valence-electron chi connectivity index (χ0n) is 11.2. The fraction of sp³-hybridized carbons (Fsp3) is 0.538. The van der Waals surface area contributed by atoms with Crippen LogP contribution in [0.2, 0.25) is 0 Å². The van der Waals surface area contributed by atoms with Crippen LogP contribution in [0.5, 0.6) is 0 Å². The molecule has 0 aliphatic carbocycles. The maximum Gasteiger partial charge on any atom is 0.228 e. The molecule has 7 heteroatoms. The SMILES string of the molecule is O=C1CC(C(=O)N2CCN(c3cnccn3)CC2)CN1. The predicted molar refractivity (Wildman–Crippen MR) is 71.9 cm³/mol. The first-order valence-corrected chi connectivity index (χ1v) is 6.80. The number of aromatic nitrogens is 2. The van der Waals surface area contributed by atoms with Crippen molar-refractivity contribution < 1.29 is 9.59 Å². The average Bonchev–Trinajstić information content (AvgIpc) is 2.94. The summed E-state index contributed by atoms with van der Waals surface area (Å²) in [5, 5.41) is 2.71. The molecule has 3 heterocycles. The molecule has 2 fully saturated rings. The molecule has 1 aromatic rings. The van der Waals surface area contributed by atoms with Gasteiger partial charge >= 0.3 is 0 Å². The lowest BCUT2D eigenvalue weighted by molar-refractivity contribution is -0.136. The van der Waals surface area contributed by atoms with Crippen molar-refractivity contribution in [3.8, 4) is 0 Å². The van der Waals surface area contributed by atoms with Gasteiger partial charge in [-0.2, -0.15) is 0 Å². The Kier molecular flexibility index (Phi) is 3.49. The normalized spacial score (nSPS) is 22.8. The fourth-order valence-electron chi connectivity index (χ4n) is 2.65. The van der Waals surface area contributed by atoms with Crippen molar-refractivity contribution in [2.24, 2.45) is 5.92 Å². The minimum atomic E-state index is -0.189. The summed E-state index contributed by atoms with van der Waals surface area (Å²) in [6, 6.07) is 0. The van der Waals surface area contributed by atoms with Crippen molar-refractivity contribution in [1.29, 1.82) is 0 Å².